The van der Waals surface area contributed by atoms with Gasteiger partial charge in [-0.2, -0.15) is 0 Å². The summed E-state index contributed by atoms with van der Waals surface area (Å²) in [6, 6.07) is 3.85. The number of likely N-dealkylation sites (tertiary alicyclic amines) is 1. The molecule has 130 valence electrons. The van der Waals surface area contributed by atoms with Crippen molar-refractivity contribution in [2.24, 2.45) is 0 Å². The predicted molar refractivity (Wildman–Crippen MR) is 86.2 cm³/mol. The Morgan fingerprint density at radius 1 is 1.29 bits per heavy atom. The Kier molecular flexibility index (Phi) is 4.87. The molecule has 1 atom stereocenters. The van der Waals surface area contributed by atoms with Crippen molar-refractivity contribution < 1.29 is 19.1 Å². The van der Waals surface area contributed by atoms with E-state index < -0.39 is 5.82 Å². The fourth-order valence-electron chi connectivity index (χ4n) is 3.40. The third kappa shape index (κ3) is 3.77. The van der Waals surface area contributed by atoms with Gasteiger partial charge in [-0.1, -0.05) is 0 Å². The van der Waals surface area contributed by atoms with Crippen LogP contribution in [0.2, 0.25) is 0 Å². The summed E-state index contributed by atoms with van der Waals surface area (Å²) in [6.07, 6.45) is 2.50. The fourth-order valence-corrected chi connectivity index (χ4v) is 3.40. The number of phenolic OH excluding ortho intramolecular Hbond substituents is 1. The van der Waals surface area contributed by atoms with E-state index in [2.05, 4.69) is 5.32 Å². The van der Waals surface area contributed by atoms with Crippen LogP contribution in [0.15, 0.2) is 18.2 Å². The van der Waals surface area contributed by atoms with E-state index in [0.717, 1.165) is 25.3 Å². The van der Waals surface area contributed by atoms with Crippen molar-refractivity contribution in [3.8, 4) is 5.75 Å². The highest BCUT2D eigenvalue weighted by atomic mass is 19.1. The molecule has 24 heavy (non-hydrogen) atoms. The molecule has 0 radical (unpaired) electrons. The molecule has 0 saturated carbocycles. The van der Waals surface area contributed by atoms with Crippen LogP contribution in [0.4, 0.5) is 9.18 Å². The number of aromatic hydroxyl groups is 1. The van der Waals surface area contributed by atoms with E-state index in [1.54, 1.807) is 11.0 Å². The van der Waals surface area contributed by atoms with E-state index in [1.807, 2.05) is 0 Å². The number of carbonyl (C=O) groups excluding carboxylic acids is 2. The van der Waals surface area contributed by atoms with E-state index in [1.165, 1.54) is 11.0 Å². The lowest BCUT2D eigenvalue weighted by Crippen LogP contribution is -2.51. The van der Waals surface area contributed by atoms with Gasteiger partial charge < -0.3 is 20.2 Å². The molecule has 0 spiro atoms. The zero-order chi connectivity index (χ0) is 17.1. The molecule has 0 aliphatic carbocycles. The van der Waals surface area contributed by atoms with Crippen LogP contribution in [-0.4, -0.2) is 59.6 Å². The van der Waals surface area contributed by atoms with E-state index in [0.29, 0.717) is 31.7 Å². The van der Waals surface area contributed by atoms with Gasteiger partial charge in [0.25, 0.3) is 0 Å². The molecule has 3 rings (SSSR count). The van der Waals surface area contributed by atoms with Crippen LogP contribution in [0.5, 0.6) is 5.75 Å². The summed E-state index contributed by atoms with van der Waals surface area (Å²) in [6.45, 7) is 2.45. The Morgan fingerprint density at radius 3 is 2.88 bits per heavy atom. The van der Waals surface area contributed by atoms with E-state index in [-0.39, 0.29) is 30.2 Å². The van der Waals surface area contributed by atoms with Crippen molar-refractivity contribution in [3.05, 3.63) is 29.6 Å². The summed E-state index contributed by atoms with van der Waals surface area (Å²) < 4.78 is 13.5. The molecule has 1 aromatic rings. The maximum Gasteiger partial charge on any atom is 0.317 e. The first kappa shape index (κ1) is 16.5. The summed E-state index contributed by atoms with van der Waals surface area (Å²) >= 11 is 0. The van der Waals surface area contributed by atoms with Crippen molar-refractivity contribution in [2.75, 3.05) is 32.7 Å². The first-order chi connectivity index (χ1) is 11.5. The molecule has 2 fully saturated rings. The first-order valence-electron chi connectivity index (χ1n) is 8.33. The average Bonchev–Trinajstić information content (AvgIpc) is 2.56. The minimum atomic E-state index is -0.474. The zero-order valence-corrected chi connectivity index (χ0v) is 13.5. The Bertz CT molecular complexity index is 617. The zero-order valence-electron chi connectivity index (χ0n) is 13.5. The van der Waals surface area contributed by atoms with Gasteiger partial charge >= 0.3 is 6.03 Å². The van der Waals surface area contributed by atoms with Crippen molar-refractivity contribution in [2.45, 2.75) is 25.2 Å². The van der Waals surface area contributed by atoms with Crippen LogP contribution < -0.4 is 5.32 Å². The number of nitrogens with one attached hydrogen (secondary N) is 1. The highest BCUT2D eigenvalue weighted by molar-refractivity contribution is 5.84. The molecule has 0 bridgehead atoms. The van der Waals surface area contributed by atoms with E-state index in [4.69, 9.17) is 0 Å². The van der Waals surface area contributed by atoms with Gasteiger partial charge in [0.15, 0.2) is 0 Å². The van der Waals surface area contributed by atoms with Gasteiger partial charge in [0.05, 0.1) is 0 Å². The second-order valence-corrected chi connectivity index (χ2v) is 6.43. The SMILES string of the molecule is O=C(CN1CCCNC1=O)N1CCCC(c2cc(O)cc(F)c2)C1. The summed E-state index contributed by atoms with van der Waals surface area (Å²) in [7, 11) is 0. The number of phenols is 1. The standard InChI is InChI=1S/C17H22FN3O3/c18-14-7-13(8-15(22)9-14)12-3-1-5-20(10-12)16(23)11-21-6-2-4-19-17(21)24/h7-9,12,22H,1-6,10-11H2,(H,19,24). The van der Waals surface area contributed by atoms with E-state index >= 15 is 0 Å². The van der Waals surface area contributed by atoms with Gasteiger partial charge in [-0.15, -0.1) is 0 Å². The lowest BCUT2D eigenvalue weighted by molar-refractivity contribution is -0.133. The van der Waals surface area contributed by atoms with Gasteiger partial charge in [0, 0.05) is 38.2 Å². The number of rotatable bonds is 3. The van der Waals surface area contributed by atoms with Crippen LogP contribution in [-0.2, 0) is 4.79 Å². The summed E-state index contributed by atoms with van der Waals surface area (Å²) in [5.74, 6) is -0.659. The second kappa shape index (κ2) is 7.07. The van der Waals surface area contributed by atoms with Crippen molar-refractivity contribution in [1.82, 2.24) is 15.1 Å². The molecule has 6 nitrogen and oxygen atoms in total. The number of amides is 3. The number of urea groups is 1. The summed E-state index contributed by atoms with van der Waals surface area (Å²) in [5.41, 5.74) is 0.709. The molecule has 2 N–H and O–H groups in total. The molecule has 2 saturated heterocycles. The van der Waals surface area contributed by atoms with Crippen LogP contribution in [0, 0.1) is 5.82 Å². The number of nitrogens with zero attached hydrogens (tertiary/aromatic N) is 2. The average molecular weight is 335 g/mol. The number of hydrogen-bond donors (Lipinski definition) is 2. The van der Waals surface area contributed by atoms with Gasteiger partial charge in [-0.25, -0.2) is 9.18 Å². The van der Waals surface area contributed by atoms with Gasteiger partial charge in [-0.3, -0.25) is 4.79 Å². The molecule has 1 aromatic carbocycles. The lowest BCUT2D eigenvalue weighted by Gasteiger charge is -2.35. The monoisotopic (exact) mass is 335 g/mol. The largest absolute Gasteiger partial charge is 0.508 e. The summed E-state index contributed by atoms with van der Waals surface area (Å²) in [4.78, 5) is 27.5. The van der Waals surface area contributed by atoms with Crippen molar-refractivity contribution >= 4 is 11.9 Å². The van der Waals surface area contributed by atoms with Crippen LogP contribution in [0.1, 0.15) is 30.7 Å². The van der Waals surface area contributed by atoms with Gasteiger partial charge in [-0.05, 0) is 37.0 Å². The summed E-state index contributed by atoms with van der Waals surface area (Å²) in [5, 5.41) is 12.3. The normalized spacial score (nSPS) is 21.5. The van der Waals surface area contributed by atoms with Crippen LogP contribution in [0.3, 0.4) is 0 Å². The number of halogens is 1. The minimum absolute atomic E-state index is 0.000479. The number of piperidine rings is 1. The molecule has 2 heterocycles. The molecule has 2 aliphatic rings. The molecule has 7 heteroatoms. The number of carbonyl (C=O) groups is 2. The molecular weight excluding hydrogens is 313 g/mol. The number of benzene rings is 1. The molecular formula is C17H22FN3O3. The Balaban J connectivity index is 1.64. The predicted octanol–water partition coefficient (Wildman–Crippen LogP) is 1.65. The minimum Gasteiger partial charge on any atom is -0.508 e. The van der Waals surface area contributed by atoms with Crippen molar-refractivity contribution in [3.63, 3.8) is 0 Å². The van der Waals surface area contributed by atoms with Crippen molar-refractivity contribution in [1.29, 1.82) is 0 Å². The highest BCUT2D eigenvalue weighted by Gasteiger charge is 2.28. The quantitative estimate of drug-likeness (QED) is 0.882. The molecule has 0 aromatic heterocycles. The number of hydrogen-bond acceptors (Lipinski definition) is 3. The molecule has 2 aliphatic heterocycles. The Morgan fingerprint density at radius 2 is 2.12 bits per heavy atom. The Hall–Kier alpha value is -2.31. The molecule has 1 unspecified atom stereocenters. The van der Waals surface area contributed by atoms with Crippen LogP contribution in [0.25, 0.3) is 0 Å². The van der Waals surface area contributed by atoms with Gasteiger partial charge in [0.1, 0.15) is 18.1 Å². The highest BCUT2D eigenvalue weighted by Crippen LogP contribution is 2.29. The Labute approximate surface area is 140 Å². The second-order valence-electron chi connectivity index (χ2n) is 6.43. The third-order valence-electron chi connectivity index (χ3n) is 4.64. The van der Waals surface area contributed by atoms with E-state index in [9.17, 15) is 19.1 Å². The maximum atomic E-state index is 13.5. The smallest absolute Gasteiger partial charge is 0.317 e. The lowest BCUT2D eigenvalue weighted by atomic mass is 9.90. The fraction of sp³-hybridized carbons (Fsp3) is 0.529. The topological polar surface area (TPSA) is 72.9 Å². The first-order valence-corrected chi connectivity index (χ1v) is 8.33. The maximum absolute atomic E-state index is 13.5. The van der Waals surface area contributed by atoms with Gasteiger partial charge in [0.2, 0.25) is 5.91 Å². The third-order valence-corrected chi connectivity index (χ3v) is 4.64. The molecule has 3 amide bonds. The van der Waals surface area contributed by atoms with Crippen LogP contribution >= 0.6 is 0 Å².